The summed E-state index contributed by atoms with van der Waals surface area (Å²) < 4.78 is 0. The first-order chi connectivity index (χ1) is 5.36. The highest BCUT2D eigenvalue weighted by Crippen LogP contribution is 1.98. The topological polar surface area (TPSA) is 25.8 Å². The van der Waals surface area contributed by atoms with Crippen LogP contribution in [0.3, 0.4) is 0 Å². The van der Waals surface area contributed by atoms with Crippen LogP contribution in [0.4, 0.5) is 0 Å². The molecule has 2 heteroatoms. The van der Waals surface area contributed by atoms with Gasteiger partial charge in [0.1, 0.15) is 5.82 Å². The quantitative estimate of drug-likeness (QED) is 0.658. The van der Waals surface area contributed by atoms with Gasteiger partial charge in [-0.1, -0.05) is 13.8 Å². The van der Waals surface area contributed by atoms with Gasteiger partial charge >= 0.3 is 0 Å². The Morgan fingerprint density at radius 3 is 2.27 bits per heavy atom. The lowest BCUT2D eigenvalue weighted by atomic mass is 10.2. The summed E-state index contributed by atoms with van der Waals surface area (Å²) in [4.78, 5) is 8.46. The lowest BCUT2D eigenvalue weighted by molar-refractivity contribution is 0.825. The largest absolute Gasteiger partial charge is 0.241 e. The van der Waals surface area contributed by atoms with E-state index in [4.69, 9.17) is 0 Å². The molecule has 0 amide bonds. The zero-order chi connectivity index (χ0) is 8.10. The average Bonchev–Trinajstić information content (AvgIpc) is 2.07. The molecule has 0 aliphatic heterocycles. The minimum absolute atomic E-state index is 0.963. The van der Waals surface area contributed by atoms with Crippen molar-refractivity contribution in [3.63, 3.8) is 0 Å². The Hall–Kier alpha value is -0.920. The number of aryl methyl sites for hydroxylation is 2. The minimum atomic E-state index is 0.963. The summed E-state index contributed by atoms with van der Waals surface area (Å²) in [5.74, 6) is 0.963. The molecular formula is C9H14N2. The third kappa shape index (κ3) is 2.30. The monoisotopic (exact) mass is 150 g/mol. The van der Waals surface area contributed by atoms with Gasteiger partial charge in [-0.3, -0.25) is 0 Å². The number of hydrogen-bond donors (Lipinski definition) is 0. The summed E-state index contributed by atoms with van der Waals surface area (Å²) >= 11 is 0. The van der Waals surface area contributed by atoms with Crippen molar-refractivity contribution in [1.82, 2.24) is 9.97 Å². The predicted molar refractivity (Wildman–Crippen MR) is 45.4 cm³/mol. The molecular weight excluding hydrogens is 136 g/mol. The van der Waals surface area contributed by atoms with Gasteiger partial charge in [-0.05, 0) is 18.4 Å². The van der Waals surface area contributed by atoms with Crippen LogP contribution in [0.2, 0.25) is 0 Å². The molecule has 0 aliphatic rings. The van der Waals surface area contributed by atoms with Gasteiger partial charge in [-0.15, -0.1) is 0 Å². The van der Waals surface area contributed by atoms with Crippen molar-refractivity contribution >= 4 is 0 Å². The number of nitrogens with zero attached hydrogens (tertiary/aromatic N) is 2. The molecule has 0 aliphatic carbocycles. The van der Waals surface area contributed by atoms with Gasteiger partial charge in [0.2, 0.25) is 0 Å². The summed E-state index contributed by atoms with van der Waals surface area (Å²) in [6.45, 7) is 4.25. The van der Waals surface area contributed by atoms with Crippen molar-refractivity contribution in [2.24, 2.45) is 0 Å². The summed E-state index contributed by atoms with van der Waals surface area (Å²) in [6.07, 6.45) is 6.96. The first kappa shape index (κ1) is 8.18. The van der Waals surface area contributed by atoms with Crippen molar-refractivity contribution in [3.05, 3.63) is 23.8 Å². The highest BCUT2D eigenvalue weighted by Gasteiger charge is 1.93. The van der Waals surface area contributed by atoms with Crippen molar-refractivity contribution in [2.45, 2.75) is 33.1 Å². The highest BCUT2D eigenvalue weighted by atomic mass is 14.9. The summed E-state index contributed by atoms with van der Waals surface area (Å²) in [6, 6.07) is 0. The molecule has 0 atom stereocenters. The van der Waals surface area contributed by atoms with Crippen LogP contribution >= 0.6 is 0 Å². The standard InChI is InChI=1S/C9H14N2/c1-3-5-9-10-6-8(4-2)7-11-9/h6-7H,3-5H2,1-2H3. The Labute approximate surface area is 67.7 Å². The van der Waals surface area contributed by atoms with E-state index in [-0.39, 0.29) is 0 Å². The Morgan fingerprint density at radius 2 is 1.82 bits per heavy atom. The SMILES string of the molecule is CCCc1ncc(CC)cn1. The van der Waals surface area contributed by atoms with Crippen molar-refractivity contribution < 1.29 is 0 Å². The maximum Gasteiger partial charge on any atom is 0.128 e. The van der Waals surface area contributed by atoms with E-state index in [0.717, 1.165) is 25.1 Å². The van der Waals surface area contributed by atoms with E-state index in [1.807, 2.05) is 12.4 Å². The fraction of sp³-hybridized carbons (Fsp3) is 0.556. The molecule has 1 heterocycles. The number of rotatable bonds is 3. The van der Waals surface area contributed by atoms with Crippen LogP contribution in [0.5, 0.6) is 0 Å². The summed E-state index contributed by atoms with van der Waals surface area (Å²) in [5, 5.41) is 0. The second-order valence-corrected chi connectivity index (χ2v) is 2.61. The molecule has 0 fully saturated rings. The van der Waals surface area contributed by atoms with Crippen LogP contribution < -0.4 is 0 Å². The predicted octanol–water partition coefficient (Wildman–Crippen LogP) is 1.99. The Bertz CT molecular complexity index is 203. The molecule has 0 saturated heterocycles. The zero-order valence-corrected chi connectivity index (χ0v) is 7.17. The molecule has 1 aromatic rings. The van der Waals surface area contributed by atoms with Gasteiger partial charge in [-0.25, -0.2) is 9.97 Å². The molecule has 2 nitrogen and oxygen atoms in total. The van der Waals surface area contributed by atoms with Crippen LogP contribution in [-0.2, 0) is 12.8 Å². The minimum Gasteiger partial charge on any atom is -0.241 e. The maximum atomic E-state index is 4.23. The highest BCUT2D eigenvalue weighted by molar-refractivity contribution is 5.04. The normalized spacial score (nSPS) is 10.0. The van der Waals surface area contributed by atoms with Crippen LogP contribution in [0.25, 0.3) is 0 Å². The first-order valence-electron chi connectivity index (χ1n) is 4.16. The smallest absolute Gasteiger partial charge is 0.128 e. The average molecular weight is 150 g/mol. The van der Waals surface area contributed by atoms with E-state index < -0.39 is 0 Å². The third-order valence-corrected chi connectivity index (χ3v) is 1.64. The van der Waals surface area contributed by atoms with Crippen molar-refractivity contribution in [3.8, 4) is 0 Å². The molecule has 0 radical (unpaired) electrons. The third-order valence-electron chi connectivity index (χ3n) is 1.64. The van der Waals surface area contributed by atoms with Crippen LogP contribution in [0.15, 0.2) is 12.4 Å². The fourth-order valence-electron chi connectivity index (χ4n) is 0.917. The molecule has 1 aromatic heterocycles. The summed E-state index contributed by atoms with van der Waals surface area (Å²) in [5.41, 5.74) is 1.21. The molecule has 0 spiro atoms. The van der Waals surface area contributed by atoms with Gasteiger partial charge in [0.25, 0.3) is 0 Å². The molecule has 0 N–H and O–H groups in total. The van der Waals surface area contributed by atoms with E-state index in [9.17, 15) is 0 Å². The van der Waals surface area contributed by atoms with E-state index in [2.05, 4.69) is 23.8 Å². The van der Waals surface area contributed by atoms with E-state index >= 15 is 0 Å². The van der Waals surface area contributed by atoms with Gasteiger partial charge < -0.3 is 0 Å². The first-order valence-corrected chi connectivity index (χ1v) is 4.16. The number of hydrogen-bond acceptors (Lipinski definition) is 2. The van der Waals surface area contributed by atoms with Crippen LogP contribution in [0.1, 0.15) is 31.7 Å². The zero-order valence-electron chi connectivity index (χ0n) is 7.17. The molecule has 60 valence electrons. The van der Waals surface area contributed by atoms with E-state index in [1.54, 1.807) is 0 Å². The van der Waals surface area contributed by atoms with Crippen molar-refractivity contribution in [1.29, 1.82) is 0 Å². The Balaban J connectivity index is 2.66. The molecule has 1 rings (SSSR count). The second kappa shape index (κ2) is 4.06. The number of aromatic nitrogens is 2. The second-order valence-electron chi connectivity index (χ2n) is 2.61. The summed E-state index contributed by atoms with van der Waals surface area (Å²) in [7, 11) is 0. The Kier molecular flexibility index (Phi) is 3.02. The maximum absolute atomic E-state index is 4.23. The van der Waals surface area contributed by atoms with E-state index in [1.165, 1.54) is 5.56 Å². The van der Waals surface area contributed by atoms with Gasteiger partial charge in [0.05, 0.1) is 0 Å². The van der Waals surface area contributed by atoms with Crippen LogP contribution in [-0.4, -0.2) is 9.97 Å². The fourth-order valence-corrected chi connectivity index (χ4v) is 0.917. The molecule has 0 saturated carbocycles. The molecule has 0 unspecified atom stereocenters. The molecule has 0 aromatic carbocycles. The van der Waals surface area contributed by atoms with Crippen molar-refractivity contribution in [2.75, 3.05) is 0 Å². The molecule has 11 heavy (non-hydrogen) atoms. The Morgan fingerprint density at radius 1 is 1.18 bits per heavy atom. The lowest BCUT2D eigenvalue weighted by Crippen LogP contribution is -1.94. The van der Waals surface area contributed by atoms with Gasteiger partial charge in [0.15, 0.2) is 0 Å². The van der Waals surface area contributed by atoms with Gasteiger partial charge in [-0.2, -0.15) is 0 Å². The van der Waals surface area contributed by atoms with Gasteiger partial charge in [0, 0.05) is 18.8 Å². The van der Waals surface area contributed by atoms with Crippen LogP contribution in [0, 0.1) is 0 Å². The molecule has 0 bridgehead atoms. The van der Waals surface area contributed by atoms with E-state index in [0.29, 0.717) is 0 Å². The lowest BCUT2D eigenvalue weighted by Gasteiger charge is -1.97.